The summed E-state index contributed by atoms with van der Waals surface area (Å²) in [6.45, 7) is 4.92. The molecule has 0 aromatic heterocycles. The van der Waals surface area contributed by atoms with Gasteiger partial charge in [-0.05, 0) is 38.5 Å². The van der Waals surface area contributed by atoms with Gasteiger partial charge in [0.1, 0.15) is 5.60 Å². The van der Waals surface area contributed by atoms with E-state index in [0.717, 1.165) is 5.06 Å². The molecule has 1 amide bonds. The lowest BCUT2D eigenvalue weighted by Crippen LogP contribution is -2.36. The molecule has 0 radical (unpaired) electrons. The number of alkyl halides is 1. The van der Waals surface area contributed by atoms with E-state index in [1.165, 1.54) is 12.1 Å². The maximum atomic E-state index is 12.1. The van der Waals surface area contributed by atoms with Gasteiger partial charge in [-0.15, -0.1) is 5.06 Å². The van der Waals surface area contributed by atoms with Crippen LogP contribution in [0, 0.1) is 0 Å². The van der Waals surface area contributed by atoms with E-state index < -0.39 is 22.5 Å². The lowest BCUT2D eigenvalue weighted by Gasteiger charge is -2.23. The Morgan fingerprint density at radius 3 is 2.50 bits per heavy atom. The summed E-state index contributed by atoms with van der Waals surface area (Å²) in [7, 11) is 0. The number of carbonyl (C=O) groups excluding carboxylic acids is 2. The lowest BCUT2D eigenvalue weighted by molar-refractivity contribution is -0.167. The Hall–Kier alpha value is -1.17. The molecule has 1 atom stereocenters. The van der Waals surface area contributed by atoms with Crippen molar-refractivity contribution in [1.29, 1.82) is 0 Å². The number of ether oxygens (including phenoxy) is 1. The molecule has 1 aliphatic rings. The summed E-state index contributed by atoms with van der Waals surface area (Å²) in [5.74, 6) is -0.779. The average molecular weight is 367 g/mol. The maximum absolute atomic E-state index is 12.1. The zero-order valence-corrected chi connectivity index (χ0v) is 14.4. The number of nitrogens with zero attached hydrogens (tertiary/aromatic N) is 1. The van der Waals surface area contributed by atoms with Gasteiger partial charge in [-0.3, -0.25) is 0 Å². The third-order valence-electron chi connectivity index (χ3n) is 2.85. The highest BCUT2D eigenvalue weighted by Gasteiger charge is 2.51. The van der Waals surface area contributed by atoms with Crippen molar-refractivity contribution in [2.45, 2.75) is 31.2 Å². The van der Waals surface area contributed by atoms with Crippen LogP contribution in [0.2, 0.25) is 10.0 Å². The highest BCUT2D eigenvalue weighted by Crippen LogP contribution is 2.39. The fourth-order valence-electron chi connectivity index (χ4n) is 1.83. The van der Waals surface area contributed by atoms with Crippen LogP contribution in [-0.2, 0) is 19.2 Å². The van der Waals surface area contributed by atoms with E-state index in [1.54, 1.807) is 26.8 Å². The topological polar surface area (TPSA) is 55.8 Å². The van der Waals surface area contributed by atoms with Crippen molar-refractivity contribution in [2.75, 3.05) is 6.54 Å². The Kier molecular flexibility index (Phi) is 4.53. The zero-order valence-electron chi connectivity index (χ0n) is 12.2. The molecular formula is C14H14Cl3NO4. The largest absolute Gasteiger partial charge is 0.443 e. The molecule has 0 N–H and O–H groups in total. The minimum absolute atomic E-state index is 0.194. The first kappa shape index (κ1) is 17.2. The van der Waals surface area contributed by atoms with Crippen molar-refractivity contribution in [3.8, 4) is 0 Å². The molecule has 0 bridgehead atoms. The predicted octanol–water partition coefficient (Wildman–Crippen LogP) is 4.14. The number of carbonyl (C=O) groups is 2. The Morgan fingerprint density at radius 2 is 1.95 bits per heavy atom. The Labute approximate surface area is 143 Å². The van der Waals surface area contributed by atoms with E-state index in [1.807, 2.05) is 0 Å². The lowest BCUT2D eigenvalue weighted by atomic mass is 9.99. The van der Waals surface area contributed by atoms with Gasteiger partial charge in [0, 0.05) is 0 Å². The van der Waals surface area contributed by atoms with Gasteiger partial charge in [0.2, 0.25) is 0 Å². The maximum Gasteiger partial charge on any atom is 0.443 e. The van der Waals surface area contributed by atoms with Crippen LogP contribution in [0.3, 0.4) is 0 Å². The van der Waals surface area contributed by atoms with Gasteiger partial charge in [-0.25, -0.2) is 9.59 Å². The highest BCUT2D eigenvalue weighted by atomic mass is 35.5. The molecule has 1 heterocycles. The molecule has 22 heavy (non-hydrogen) atoms. The van der Waals surface area contributed by atoms with Gasteiger partial charge in [-0.1, -0.05) is 40.9 Å². The van der Waals surface area contributed by atoms with E-state index in [2.05, 4.69) is 0 Å². The number of halogens is 3. The molecule has 1 aromatic carbocycles. The van der Waals surface area contributed by atoms with E-state index in [0.29, 0.717) is 10.6 Å². The molecular weight excluding hydrogens is 353 g/mol. The fraction of sp³-hybridized carbons (Fsp3) is 0.429. The molecule has 0 aliphatic carbocycles. The Balaban J connectivity index is 2.24. The predicted molar refractivity (Wildman–Crippen MR) is 83.0 cm³/mol. The first-order chi connectivity index (χ1) is 10.0. The molecule has 8 heteroatoms. The molecule has 1 aliphatic heterocycles. The molecule has 1 saturated heterocycles. The van der Waals surface area contributed by atoms with Crippen molar-refractivity contribution in [1.82, 2.24) is 5.06 Å². The van der Waals surface area contributed by atoms with Crippen LogP contribution in [0.4, 0.5) is 4.79 Å². The first-order valence-corrected chi connectivity index (χ1v) is 7.54. The number of hydroxylamine groups is 2. The van der Waals surface area contributed by atoms with Gasteiger partial charge >= 0.3 is 12.1 Å². The van der Waals surface area contributed by atoms with E-state index >= 15 is 0 Å². The summed E-state index contributed by atoms with van der Waals surface area (Å²) < 4.78 is 5.15. The molecule has 5 nitrogen and oxygen atoms in total. The van der Waals surface area contributed by atoms with Gasteiger partial charge < -0.3 is 9.57 Å². The number of hydrogen-bond acceptors (Lipinski definition) is 4. The number of hydrogen-bond donors (Lipinski definition) is 0. The quantitative estimate of drug-likeness (QED) is 0.701. The highest BCUT2D eigenvalue weighted by molar-refractivity contribution is 6.42. The van der Waals surface area contributed by atoms with Crippen LogP contribution in [0.15, 0.2) is 18.2 Å². The third kappa shape index (κ3) is 3.42. The normalized spacial score (nSPS) is 21.7. The summed E-state index contributed by atoms with van der Waals surface area (Å²) in [4.78, 5) is 27.4. The van der Waals surface area contributed by atoms with E-state index in [4.69, 9.17) is 44.4 Å². The van der Waals surface area contributed by atoms with Crippen molar-refractivity contribution in [3.05, 3.63) is 33.8 Å². The van der Waals surface area contributed by atoms with Crippen LogP contribution in [0.1, 0.15) is 26.3 Å². The Bertz CT molecular complexity index is 629. The van der Waals surface area contributed by atoms with E-state index in [9.17, 15) is 9.59 Å². The zero-order chi connectivity index (χ0) is 16.7. The second kappa shape index (κ2) is 5.80. The Morgan fingerprint density at radius 1 is 1.32 bits per heavy atom. The summed E-state index contributed by atoms with van der Waals surface area (Å²) in [6.07, 6.45) is -0.788. The second-order valence-electron chi connectivity index (χ2n) is 5.83. The van der Waals surface area contributed by atoms with Crippen LogP contribution >= 0.6 is 34.8 Å². The van der Waals surface area contributed by atoms with Crippen molar-refractivity contribution in [3.63, 3.8) is 0 Å². The van der Waals surface area contributed by atoms with Gasteiger partial charge in [0.15, 0.2) is 4.87 Å². The SMILES string of the molecule is CC(C)(C)OC(=O)N1C[C@@](Cl)(c2ccc(Cl)c(Cl)c2)C(=O)O1. The molecule has 0 saturated carbocycles. The minimum Gasteiger partial charge on any atom is -0.442 e. The van der Waals surface area contributed by atoms with Gasteiger partial charge in [0.25, 0.3) is 0 Å². The fourth-order valence-corrected chi connectivity index (χ4v) is 2.39. The molecule has 1 aromatic rings. The standard InChI is InChI=1S/C14H14Cl3NO4/c1-13(2,3)21-12(20)18-7-14(17,11(19)22-18)8-4-5-9(15)10(16)6-8/h4-6H,7H2,1-3H3/t14-/m1/s1. The second-order valence-corrected chi connectivity index (χ2v) is 7.29. The molecule has 2 rings (SSSR count). The number of rotatable bonds is 1. The molecule has 120 valence electrons. The number of amides is 1. The van der Waals surface area contributed by atoms with Crippen LogP contribution in [0.25, 0.3) is 0 Å². The first-order valence-electron chi connectivity index (χ1n) is 6.40. The molecule has 0 unspecified atom stereocenters. The number of benzene rings is 1. The summed E-state index contributed by atoms with van der Waals surface area (Å²) >= 11 is 18.1. The molecule has 1 fully saturated rings. The summed E-state index contributed by atoms with van der Waals surface area (Å²) in [6, 6.07) is 4.55. The van der Waals surface area contributed by atoms with Crippen LogP contribution in [0.5, 0.6) is 0 Å². The van der Waals surface area contributed by atoms with E-state index in [-0.39, 0.29) is 11.6 Å². The van der Waals surface area contributed by atoms with Crippen molar-refractivity contribution >= 4 is 46.9 Å². The van der Waals surface area contributed by atoms with Gasteiger partial charge in [0.05, 0.1) is 16.6 Å². The van der Waals surface area contributed by atoms with Crippen molar-refractivity contribution < 1.29 is 19.2 Å². The monoisotopic (exact) mass is 365 g/mol. The van der Waals surface area contributed by atoms with Gasteiger partial charge in [-0.2, -0.15) is 0 Å². The average Bonchev–Trinajstić information content (AvgIpc) is 2.68. The van der Waals surface area contributed by atoms with Crippen LogP contribution < -0.4 is 0 Å². The molecule has 0 spiro atoms. The third-order valence-corrected chi connectivity index (χ3v) is 4.08. The minimum atomic E-state index is -1.55. The summed E-state index contributed by atoms with van der Waals surface area (Å²) in [5.41, 5.74) is -0.329. The summed E-state index contributed by atoms with van der Waals surface area (Å²) in [5, 5.41) is 1.38. The smallest absolute Gasteiger partial charge is 0.442 e. The van der Waals surface area contributed by atoms with Crippen molar-refractivity contribution in [2.24, 2.45) is 0 Å². The van der Waals surface area contributed by atoms with Crippen LogP contribution in [-0.4, -0.2) is 29.3 Å².